The Morgan fingerprint density at radius 2 is 1.14 bits per heavy atom. The Kier molecular flexibility index (Phi) is 9.03. The standard InChI is InChI=1S/C61H45N5/c1-2-46-59(42-20-7-4-8-21-42)63-61(43-30-28-40(29-31-43)39-17-5-3-6-18-39)64-60(46)45-35-44-22-10-11-23-47(44)54(36-45)65-52-26-14-13-25-49(52)50-37-51-56(38-55(50)65)66(57-27-15-16-34-62-57)53-33-32-41-19-9-12-24-48(41)58(51)53/h3-38,46,59,61,63H,2H2,1H3. The predicted octanol–water partition coefficient (Wildman–Crippen LogP) is 15.1. The molecule has 9 aromatic carbocycles. The van der Waals surface area contributed by atoms with Gasteiger partial charge < -0.3 is 4.57 Å². The van der Waals surface area contributed by atoms with Crippen LogP contribution < -0.4 is 5.32 Å². The van der Waals surface area contributed by atoms with Crippen molar-refractivity contribution in [3.8, 4) is 22.6 Å². The summed E-state index contributed by atoms with van der Waals surface area (Å²) in [6.07, 6.45) is 2.58. The highest BCUT2D eigenvalue weighted by molar-refractivity contribution is 6.25. The predicted molar refractivity (Wildman–Crippen MR) is 275 cm³/mol. The lowest BCUT2D eigenvalue weighted by atomic mass is 9.81. The number of hydrogen-bond acceptors (Lipinski definition) is 3. The topological polar surface area (TPSA) is 47.1 Å². The fourth-order valence-corrected chi connectivity index (χ4v) is 10.9. The monoisotopic (exact) mass is 847 g/mol. The summed E-state index contributed by atoms with van der Waals surface area (Å²) in [7, 11) is 0. The minimum Gasteiger partial charge on any atom is -0.309 e. The van der Waals surface area contributed by atoms with Crippen LogP contribution in [0.5, 0.6) is 0 Å². The van der Waals surface area contributed by atoms with Gasteiger partial charge in [0.25, 0.3) is 0 Å². The molecule has 1 aliphatic rings. The van der Waals surface area contributed by atoms with Gasteiger partial charge in [-0.05, 0) is 98.9 Å². The Morgan fingerprint density at radius 1 is 0.455 bits per heavy atom. The van der Waals surface area contributed by atoms with E-state index in [1.54, 1.807) is 0 Å². The van der Waals surface area contributed by atoms with Gasteiger partial charge in [-0.15, -0.1) is 0 Å². The highest BCUT2D eigenvalue weighted by Crippen LogP contribution is 2.44. The van der Waals surface area contributed by atoms with Crippen molar-refractivity contribution in [3.05, 3.63) is 235 Å². The smallest absolute Gasteiger partial charge is 0.137 e. The van der Waals surface area contributed by atoms with Crippen molar-refractivity contribution in [3.63, 3.8) is 0 Å². The van der Waals surface area contributed by atoms with Gasteiger partial charge in [0.15, 0.2) is 0 Å². The molecule has 12 aromatic rings. The van der Waals surface area contributed by atoms with Gasteiger partial charge in [-0.1, -0.05) is 171 Å². The molecule has 1 N–H and O–H groups in total. The van der Waals surface area contributed by atoms with Crippen molar-refractivity contribution in [1.82, 2.24) is 19.4 Å². The molecule has 3 aromatic heterocycles. The molecule has 0 radical (unpaired) electrons. The molecule has 3 unspecified atom stereocenters. The summed E-state index contributed by atoms with van der Waals surface area (Å²) in [5.74, 6) is 1.02. The summed E-state index contributed by atoms with van der Waals surface area (Å²) < 4.78 is 4.85. The number of aliphatic imine (C=N–C) groups is 1. The third-order valence-corrected chi connectivity index (χ3v) is 14.0. The van der Waals surface area contributed by atoms with E-state index < -0.39 is 0 Å². The lowest BCUT2D eigenvalue weighted by molar-refractivity contribution is 0.358. The highest BCUT2D eigenvalue weighted by Gasteiger charge is 2.35. The number of aromatic nitrogens is 3. The van der Waals surface area contributed by atoms with Crippen LogP contribution in [0.1, 0.15) is 42.2 Å². The Morgan fingerprint density at radius 3 is 1.92 bits per heavy atom. The number of para-hydroxylation sites is 1. The average molecular weight is 848 g/mol. The van der Waals surface area contributed by atoms with Gasteiger partial charge in [0.1, 0.15) is 12.0 Å². The van der Waals surface area contributed by atoms with Gasteiger partial charge >= 0.3 is 0 Å². The Labute approximate surface area is 382 Å². The summed E-state index contributed by atoms with van der Waals surface area (Å²) in [6.45, 7) is 2.30. The molecule has 0 saturated heterocycles. The third-order valence-electron chi connectivity index (χ3n) is 14.0. The molecule has 66 heavy (non-hydrogen) atoms. The third kappa shape index (κ3) is 6.12. The molecule has 1 aliphatic heterocycles. The molecule has 0 saturated carbocycles. The molecule has 4 heterocycles. The number of fused-ring (bicyclic) bond motifs is 9. The quantitative estimate of drug-likeness (QED) is 0.174. The lowest BCUT2D eigenvalue weighted by Gasteiger charge is -2.37. The van der Waals surface area contributed by atoms with E-state index in [4.69, 9.17) is 9.98 Å². The van der Waals surface area contributed by atoms with Gasteiger partial charge in [0.05, 0.1) is 27.8 Å². The second-order valence-electron chi connectivity index (χ2n) is 17.6. The van der Waals surface area contributed by atoms with Crippen LogP contribution in [0.25, 0.3) is 87.8 Å². The summed E-state index contributed by atoms with van der Waals surface area (Å²) >= 11 is 0. The Bertz CT molecular complexity index is 3830. The average Bonchev–Trinajstić information content (AvgIpc) is 3.90. The fraction of sp³-hybridized carbons (Fsp3) is 0.0820. The van der Waals surface area contributed by atoms with Crippen LogP contribution in [0.3, 0.4) is 0 Å². The first-order valence-corrected chi connectivity index (χ1v) is 23.1. The van der Waals surface area contributed by atoms with Crippen LogP contribution in [0.15, 0.2) is 224 Å². The van der Waals surface area contributed by atoms with Crippen molar-refractivity contribution < 1.29 is 0 Å². The zero-order valence-corrected chi connectivity index (χ0v) is 36.5. The van der Waals surface area contributed by atoms with Gasteiger partial charge in [-0.2, -0.15) is 0 Å². The van der Waals surface area contributed by atoms with E-state index in [2.05, 4.69) is 228 Å². The Hall–Kier alpha value is -8.12. The molecule has 0 aliphatic carbocycles. The molecular weight excluding hydrogens is 803 g/mol. The minimum atomic E-state index is -0.237. The summed E-state index contributed by atoms with van der Waals surface area (Å²) in [6, 6.07) is 77.4. The van der Waals surface area contributed by atoms with Crippen LogP contribution in [-0.4, -0.2) is 19.8 Å². The first-order chi connectivity index (χ1) is 32.7. The minimum absolute atomic E-state index is 0.0588. The lowest BCUT2D eigenvalue weighted by Crippen LogP contribution is -2.40. The maximum Gasteiger partial charge on any atom is 0.137 e. The second-order valence-corrected chi connectivity index (χ2v) is 17.6. The van der Waals surface area contributed by atoms with E-state index in [-0.39, 0.29) is 18.1 Å². The molecule has 13 rings (SSSR count). The number of pyridine rings is 1. The SMILES string of the molecule is CCC1C(c2cc(-n3c4ccccc4c4cc5c6c7ccccc7ccc6n(-c6ccccn6)c5cc43)c3ccccc3c2)=NC(c2ccc(-c3ccccc3)cc2)NC1c1ccccc1. The normalized spacial score (nSPS) is 16.5. The van der Waals surface area contributed by atoms with E-state index in [0.717, 1.165) is 51.3 Å². The van der Waals surface area contributed by atoms with E-state index in [9.17, 15) is 0 Å². The summed E-state index contributed by atoms with van der Waals surface area (Å²) in [5, 5.41) is 13.8. The van der Waals surface area contributed by atoms with Gasteiger partial charge in [0, 0.05) is 50.8 Å². The highest BCUT2D eigenvalue weighted by atomic mass is 15.1. The number of hydrogen-bond donors (Lipinski definition) is 1. The molecule has 0 amide bonds. The van der Waals surface area contributed by atoms with Crippen LogP contribution in [0.2, 0.25) is 0 Å². The van der Waals surface area contributed by atoms with Crippen molar-refractivity contribution in [2.45, 2.75) is 25.6 Å². The molecule has 5 heteroatoms. The molecule has 3 atom stereocenters. The van der Waals surface area contributed by atoms with Gasteiger partial charge in [0.2, 0.25) is 0 Å². The van der Waals surface area contributed by atoms with Crippen LogP contribution >= 0.6 is 0 Å². The summed E-state index contributed by atoms with van der Waals surface area (Å²) in [4.78, 5) is 10.7. The first kappa shape index (κ1) is 38.3. The first-order valence-electron chi connectivity index (χ1n) is 23.1. The number of rotatable bonds is 7. The van der Waals surface area contributed by atoms with E-state index >= 15 is 0 Å². The van der Waals surface area contributed by atoms with Crippen LogP contribution in [0.4, 0.5) is 0 Å². The molecule has 0 bridgehead atoms. The molecule has 0 spiro atoms. The molecule has 314 valence electrons. The zero-order valence-electron chi connectivity index (χ0n) is 36.5. The van der Waals surface area contributed by atoms with Gasteiger partial charge in [-0.3, -0.25) is 14.9 Å². The second kappa shape index (κ2) is 15.5. The van der Waals surface area contributed by atoms with E-state index in [1.165, 1.54) is 65.3 Å². The maximum absolute atomic E-state index is 5.73. The molecule has 0 fully saturated rings. The van der Waals surface area contributed by atoms with E-state index in [1.807, 2.05) is 12.3 Å². The largest absolute Gasteiger partial charge is 0.309 e. The van der Waals surface area contributed by atoms with Crippen LogP contribution in [-0.2, 0) is 0 Å². The zero-order chi connectivity index (χ0) is 43.7. The Balaban J connectivity index is 1.06. The van der Waals surface area contributed by atoms with E-state index in [0.29, 0.717) is 0 Å². The number of benzene rings is 9. The van der Waals surface area contributed by atoms with Crippen molar-refractivity contribution in [1.29, 1.82) is 0 Å². The van der Waals surface area contributed by atoms with Gasteiger partial charge in [-0.25, -0.2) is 4.98 Å². The summed E-state index contributed by atoms with van der Waals surface area (Å²) in [5.41, 5.74) is 12.8. The molecule has 5 nitrogen and oxygen atoms in total. The van der Waals surface area contributed by atoms with Crippen molar-refractivity contribution in [2.24, 2.45) is 10.9 Å². The fourth-order valence-electron chi connectivity index (χ4n) is 10.9. The maximum atomic E-state index is 5.73. The van der Waals surface area contributed by atoms with Crippen molar-refractivity contribution >= 4 is 70.9 Å². The number of nitrogens with one attached hydrogen (secondary N) is 1. The van der Waals surface area contributed by atoms with Crippen molar-refractivity contribution in [2.75, 3.05) is 0 Å². The number of nitrogens with zero attached hydrogens (tertiary/aromatic N) is 4. The molecular formula is C61H45N5. The van der Waals surface area contributed by atoms with Crippen LogP contribution in [0, 0.1) is 5.92 Å².